The van der Waals surface area contributed by atoms with E-state index in [1.54, 1.807) is 28.6 Å². The Hall–Kier alpha value is -0.620. The molecule has 6 heteroatoms. The van der Waals surface area contributed by atoms with Gasteiger partial charge in [-0.1, -0.05) is 11.6 Å². The molecule has 1 aliphatic heterocycles. The second kappa shape index (κ2) is 5.17. The van der Waals surface area contributed by atoms with Crippen molar-refractivity contribution in [1.29, 1.82) is 0 Å². The molecule has 0 radical (unpaired) electrons. The number of rotatable bonds is 2. The van der Waals surface area contributed by atoms with Gasteiger partial charge in [0.15, 0.2) is 0 Å². The van der Waals surface area contributed by atoms with Crippen molar-refractivity contribution in [2.75, 3.05) is 13.1 Å². The van der Waals surface area contributed by atoms with E-state index in [1.165, 1.54) is 0 Å². The van der Waals surface area contributed by atoms with Gasteiger partial charge in [-0.15, -0.1) is 0 Å². The minimum atomic E-state index is -3.43. The molecule has 1 saturated heterocycles. The minimum Gasteiger partial charge on any atom is -0.311 e. The van der Waals surface area contributed by atoms with Gasteiger partial charge in [0.2, 0.25) is 10.0 Å². The van der Waals surface area contributed by atoms with Crippen molar-refractivity contribution < 1.29 is 8.42 Å². The van der Waals surface area contributed by atoms with Gasteiger partial charge in [0.25, 0.3) is 0 Å². The molecule has 1 aromatic rings. The van der Waals surface area contributed by atoms with Crippen molar-refractivity contribution in [1.82, 2.24) is 9.62 Å². The van der Waals surface area contributed by atoms with Gasteiger partial charge in [-0.2, -0.15) is 4.31 Å². The third-order valence-corrected chi connectivity index (χ3v) is 5.65. The van der Waals surface area contributed by atoms with Crippen LogP contribution in [0.1, 0.15) is 13.8 Å². The summed E-state index contributed by atoms with van der Waals surface area (Å²) in [7, 11) is -3.43. The molecule has 0 saturated carbocycles. The zero-order chi connectivity index (χ0) is 13.3. The molecule has 100 valence electrons. The monoisotopic (exact) mass is 288 g/mol. The zero-order valence-corrected chi connectivity index (χ0v) is 12.0. The molecule has 4 nitrogen and oxygen atoms in total. The summed E-state index contributed by atoms with van der Waals surface area (Å²) in [6, 6.07) is 6.41. The Bertz CT molecular complexity index is 515. The highest BCUT2D eigenvalue weighted by atomic mass is 35.5. The largest absolute Gasteiger partial charge is 0.311 e. The van der Waals surface area contributed by atoms with Crippen molar-refractivity contribution in [2.45, 2.75) is 30.8 Å². The number of nitrogens with zero attached hydrogens (tertiary/aromatic N) is 1. The fraction of sp³-hybridized carbons (Fsp3) is 0.500. The molecule has 2 rings (SSSR count). The molecule has 1 aromatic carbocycles. The van der Waals surface area contributed by atoms with Crippen molar-refractivity contribution >= 4 is 21.6 Å². The summed E-state index contributed by atoms with van der Waals surface area (Å²) >= 11 is 5.78. The first-order chi connectivity index (χ1) is 8.43. The zero-order valence-electron chi connectivity index (χ0n) is 10.4. The van der Waals surface area contributed by atoms with Gasteiger partial charge in [-0.05, 0) is 38.1 Å². The maximum absolute atomic E-state index is 12.5. The Labute approximate surface area is 113 Å². The summed E-state index contributed by atoms with van der Waals surface area (Å²) in [5.41, 5.74) is 0. The summed E-state index contributed by atoms with van der Waals surface area (Å²) in [6.45, 7) is 5.09. The van der Waals surface area contributed by atoms with Crippen LogP contribution in [0, 0.1) is 0 Å². The fourth-order valence-corrected chi connectivity index (χ4v) is 3.94. The number of piperazine rings is 1. The first-order valence-electron chi connectivity index (χ1n) is 5.94. The standard InChI is InChI=1S/C12H17ClN2O2S/c1-9-10(2)15(8-7-14-9)18(16,17)12-5-3-11(13)4-6-12/h3-6,9-10,14H,7-8H2,1-2H3. The first-order valence-corrected chi connectivity index (χ1v) is 7.75. The lowest BCUT2D eigenvalue weighted by Crippen LogP contribution is -2.57. The SMILES string of the molecule is CC1NCCN(S(=O)(=O)c2ccc(Cl)cc2)C1C. The summed E-state index contributed by atoms with van der Waals surface area (Å²) in [6.07, 6.45) is 0. The minimum absolute atomic E-state index is 0.0561. The Balaban J connectivity index is 2.33. The quantitative estimate of drug-likeness (QED) is 0.901. The Kier molecular flexibility index (Phi) is 3.96. The van der Waals surface area contributed by atoms with Crippen LogP contribution in [-0.2, 0) is 10.0 Å². The number of benzene rings is 1. The van der Waals surface area contributed by atoms with Crippen LogP contribution >= 0.6 is 11.6 Å². The first kappa shape index (κ1) is 13.8. The molecule has 0 bridgehead atoms. The number of hydrogen-bond donors (Lipinski definition) is 1. The molecule has 0 spiro atoms. The van der Waals surface area contributed by atoms with Gasteiger partial charge in [-0.3, -0.25) is 0 Å². The number of nitrogens with one attached hydrogen (secondary N) is 1. The van der Waals surface area contributed by atoms with E-state index in [2.05, 4.69) is 5.32 Å². The van der Waals surface area contributed by atoms with Crippen LogP contribution in [0.15, 0.2) is 29.2 Å². The van der Waals surface area contributed by atoms with Crippen LogP contribution in [0.5, 0.6) is 0 Å². The molecule has 0 aromatic heterocycles. The predicted octanol–water partition coefficient (Wildman–Crippen LogP) is 1.71. The van der Waals surface area contributed by atoms with E-state index in [4.69, 9.17) is 11.6 Å². The Morgan fingerprint density at radius 3 is 2.50 bits per heavy atom. The molecule has 0 aliphatic carbocycles. The van der Waals surface area contributed by atoms with E-state index in [-0.39, 0.29) is 12.1 Å². The molecule has 1 fully saturated rings. The fourth-order valence-electron chi connectivity index (χ4n) is 2.11. The summed E-state index contributed by atoms with van der Waals surface area (Å²) < 4.78 is 26.6. The highest BCUT2D eigenvalue weighted by Crippen LogP contribution is 2.22. The molecule has 1 aliphatic rings. The smallest absolute Gasteiger partial charge is 0.243 e. The summed E-state index contributed by atoms with van der Waals surface area (Å²) in [5.74, 6) is 0. The molecule has 1 heterocycles. The number of sulfonamides is 1. The van der Waals surface area contributed by atoms with Gasteiger partial charge >= 0.3 is 0 Å². The number of hydrogen-bond acceptors (Lipinski definition) is 3. The maximum Gasteiger partial charge on any atom is 0.243 e. The van der Waals surface area contributed by atoms with Gasteiger partial charge in [0, 0.05) is 30.2 Å². The Morgan fingerprint density at radius 1 is 1.28 bits per heavy atom. The van der Waals surface area contributed by atoms with Crippen LogP contribution in [0.25, 0.3) is 0 Å². The van der Waals surface area contributed by atoms with E-state index < -0.39 is 10.0 Å². The van der Waals surface area contributed by atoms with Crippen molar-refractivity contribution in [3.05, 3.63) is 29.3 Å². The molecular weight excluding hydrogens is 272 g/mol. The third kappa shape index (κ3) is 2.54. The highest BCUT2D eigenvalue weighted by molar-refractivity contribution is 7.89. The van der Waals surface area contributed by atoms with Gasteiger partial charge in [0.1, 0.15) is 0 Å². The average molecular weight is 289 g/mol. The van der Waals surface area contributed by atoms with E-state index in [9.17, 15) is 8.42 Å². The lowest BCUT2D eigenvalue weighted by Gasteiger charge is -2.37. The van der Waals surface area contributed by atoms with Crippen LogP contribution in [0.4, 0.5) is 0 Å². The van der Waals surface area contributed by atoms with Gasteiger partial charge in [-0.25, -0.2) is 8.42 Å². The van der Waals surface area contributed by atoms with Gasteiger partial charge < -0.3 is 5.32 Å². The summed E-state index contributed by atoms with van der Waals surface area (Å²) in [5, 5.41) is 3.80. The van der Waals surface area contributed by atoms with Crippen LogP contribution < -0.4 is 5.32 Å². The van der Waals surface area contributed by atoms with Crippen LogP contribution in [-0.4, -0.2) is 37.9 Å². The van der Waals surface area contributed by atoms with E-state index >= 15 is 0 Å². The second-order valence-electron chi connectivity index (χ2n) is 4.55. The highest BCUT2D eigenvalue weighted by Gasteiger charge is 2.34. The third-order valence-electron chi connectivity index (χ3n) is 3.40. The second-order valence-corrected chi connectivity index (χ2v) is 6.88. The molecule has 2 unspecified atom stereocenters. The number of halogens is 1. The average Bonchev–Trinajstić information content (AvgIpc) is 2.33. The topological polar surface area (TPSA) is 49.4 Å². The van der Waals surface area contributed by atoms with Crippen LogP contribution in [0.3, 0.4) is 0 Å². The molecule has 2 atom stereocenters. The van der Waals surface area contributed by atoms with E-state index in [1.807, 2.05) is 13.8 Å². The van der Waals surface area contributed by atoms with E-state index in [0.29, 0.717) is 23.0 Å². The Morgan fingerprint density at radius 2 is 1.89 bits per heavy atom. The normalized spacial score (nSPS) is 26.2. The molecule has 0 amide bonds. The molecule has 18 heavy (non-hydrogen) atoms. The lowest BCUT2D eigenvalue weighted by atomic mass is 10.1. The van der Waals surface area contributed by atoms with E-state index in [0.717, 1.165) is 0 Å². The van der Waals surface area contributed by atoms with Gasteiger partial charge in [0.05, 0.1) is 4.90 Å². The summed E-state index contributed by atoms with van der Waals surface area (Å²) in [4.78, 5) is 0.299. The van der Waals surface area contributed by atoms with Crippen LogP contribution in [0.2, 0.25) is 5.02 Å². The van der Waals surface area contributed by atoms with Crippen molar-refractivity contribution in [3.8, 4) is 0 Å². The van der Waals surface area contributed by atoms with Crippen molar-refractivity contribution in [3.63, 3.8) is 0 Å². The maximum atomic E-state index is 12.5. The predicted molar refractivity (Wildman–Crippen MR) is 72.3 cm³/mol. The molecular formula is C12H17ClN2O2S. The van der Waals surface area contributed by atoms with Crippen molar-refractivity contribution in [2.24, 2.45) is 0 Å². The lowest BCUT2D eigenvalue weighted by molar-refractivity contribution is 0.233. The molecule has 1 N–H and O–H groups in total.